The second-order valence-corrected chi connectivity index (χ2v) is 9.20. The Morgan fingerprint density at radius 3 is 2.24 bits per heavy atom. The third-order valence-electron chi connectivity index (χ3n) is 4.93. The Bertz CT molecular complexity index is 1260. The van der Waals surface area contributed by atoms with Gasteiger partial charge in [0.2, 0.25) is 0 Å². The van der Waals surface area contributed by atoms with Gasteiger partial charge in [0.1, 0.15) is 6.61 Å². The van der Waals surface area contributed by atoms with Crippen molar-refractivity contribution in [2.24, 2.45) is 4.99 Å². The van der Waals surface area contributed by atoms with E-state index >= 15 is 0 Å². The molecule has 1 fully saturated rings. The molecule has 1 amide bonds. The van der Waals surface area contributed by atoms with E-state index in [4.69, 9.17) is 39.4 Å². The molecule has 0 spiro atoms. The highest BCUT2D eigenvalue weighted by molar-refractivity contribution is 8.18. The molecule has 1 aliphatic rings. The van der Waals surface area contributed by atoms with Gasteiger partial charge < -0.3 is 4.74 Å². The fraction of sp³-hybridized carbons (Fsp3) is 0.111. The molecule has 170 valence electrons. The van der Waals surface area contributed by atoms with Crippen LogP contribution in [0.15, 0.2) is 82.7 Å². The van der Waals surface area contributed by atoms with Crippen LogP contribution in [0.4, 0.5) is 0 Å². The summed E-state index contributed by atoms with van der Waals surface area (Å²) in [5.74, 6) is 2.58. The zero-order valence-corrected chi connectivity index (χ0v) is 20.4. The van der Waals surface area contributed by atoms with Crippen LogP contribution in [-0.2, 0) is 17.9 Å². The maximum Gasteiger partial charge on any atom is 0.267 e. The Balaban J connectivity index is 1.64. The minimum atomic E-state index is -0.124. The summed E-state index contributed by atoms with van der Waals surface area (Å²) in [4.78, 5) is 20.3. The van der Waals surface area contributed by atoms with E-state index in [2.05, 4.69) is 5.92 Å². The van der Waals surface area contributed by atoms with Crippen LogP contribution in [0.1, 0.15) is 16.7 Å². The number of ether oxygens (including phenoxy) is 1. The number of halogens is 2. The molecule has 3 aromatic rings. The first kappa shape index (κ1) is 24.0. The molecule has 1 aliphatic heterocycles. The third kappa shape index (κ3) is 5.84. The van der Waals surface area contributed by atoms with Crippen LogP contribution in [0, 0.1) is 12.3 Å². The van der Waals surface area contributed by atoms with Gasteiger partial charge in [0.15, 0.2) is 10.9 Å². The molecular formula is C27H20Cl2N2O2S. The number of amides is 1. The average molecular weight is 507 g/mol. The van der Waals surface area contributed by atoms with Crippen molar-refractivity contribution in [2.75, 3.05) is 6.61 Å². The van der Waals surface area contributed by atoms with Gasteiger partial charge in [-0.3, -0.25) is 14.7 Å². The van der Waals surface area contributed by atoms with E-state index < -0.39 is 0 Å². The first-order chi connectivity index (χ1) is 16.5. The van der Waals surface area contributed by atoms with Crippen LogP contribution in [-0.4, -0.2) is 22.6 Å². The van der Waals surface area contributed by atoms with Gasteiger partial charge in [-0.25, -0.2) is 0 Å². The Kier molecular flexibility index (Phi) is 7.97. The number of aliphatic imine (C=N–C) groups is 1. The van der Waals surface area contributed by atoms with Crippen molar-refractivity contribution in [1.82, 2.24) is 4.90 Å². The zero-order chi connectivity index (χ0) is 23.9. The molecule has 0 aliphatic carbocycles. The molecule has 0 aromatic heterocycles. The highest BCUT2D eigenvalue weighted by atomic mass is 35.5. The van der Waals surface area contributed by atoms with Gasteiger partial charge >= 0.3 is 0 Å². The summed E-state index contributed by atoms with van der Waals surface area (Å²) in [7, 11) is 0. The summed E-state index contributed by atoms with van der Waals surface area (Å²) >= 11 is 14.0. The normalized spacial score (nSPS) is 15.7. The van der Waals surface area contributed by atoms with Crippen molar-refractivity contribution in [3.63, 3.8) is 0 Å². The summed E-state index contributed by atoms with van der Waals surface area (Å²) in [5, 5.41) is 1.29. The number of amidine groups is 1. The summed E-state index contributed by atoms with van der Waals surface area (Å²) in [6.45, 7) is 0.968. The number of nitrogens with zero attached hydrogens (tertiary/aromatic N) is 2. The van der Waals surface area contributed by atoms with Gasteiger partial charge in [-0.05, 0) is 46.7 Å². The Labute approximate surface area is 213 Å². The molecule has 0 unspecified atom stereocenters. The van der Waals surface area contributed by atoms with Crippen LogP contribution in [0.5, 0.6) is 5.75 Å². The van der Waals surface area contributed by atoms with Gasteiger partial charge in [-0.1, -0.05) is 89.8 Å². The smallest absolute Gasteiger partial charge is 0.267 e. The molecule has 0 saturated carbocycles. The Hall–Kier alpha value is -3.17. The highest BCUT2D eigenvalue weighted by Crippen LogP contribution is 2.38. The van der Waals surface area contributed by atoms with Crippen molar-refractivity contribution in [2.45, 2.75) is 13.1 Å². The Morgan fingerprint density at radius 2 is 1.62 bits per heavy atom. The molecule has 4 nitrogen and oxygen atoms in total. The zero-order valence-electron chi connectivity index (χ0n) is 18.1. The maximum absolute atomic E-state index is 13.4. The number of carbonyl (C=O) groups is 1. The summed E-state index contributed by atoms with van der Waals surface area (Å²) < 4.78 is 5.42. The molecule has 0 atom stereocenters. The van der Waals surface area contributed by atoms with Crippen LogP contribution < -0.4 is 4.74 Å². The van der Waals surface area contributed by atoms with Crippen molar-refractivity contribution in [3.05, 3.63) is 104 Å². The van der Waals surface area contributed by atoms with Crippen molar-refractivity contribution < 1.29 is 9.53 Å². The van der Waals surface area contributed by atoms with E-state index in [0.29, 0.717) is 44.5 Å². The second-order valence-electron chi connectivity index (χ2n) is 7.38. The van der Waals surface area contributed by atoms with Crippen LogP contribution in [0.3, 0.4) is 0 Å². The quantitative estimate of drug-likeness (QED) is 0.265. The molecule has 0 bridgehead atoms. The minimum absolute atomic E-state index is 0.0594. The first-order valence-corrected chi connectivity index (χ1v) is 12.0. The molecule has 3 aromatic carbocycles. The number of rotatable bonds is 7. The lowest BCUT2D eigenvalue weighted by molar-refractivity contribution is -0.122. The van der Waals surface area contributed by atoms with Gasteiger partial charge in [-0.15, -0.1) is 6.42 Å². The van der Waals surface area contributed by atoms with Crippen LogP contribution in [0.25, 0.3) is 6.08 Å². The lowest BCUT2D eigenvalue weighted by Gasteiger charge is -2.15. The van der Waals surface area contributed by atoms with Gasteiger partial charge in [0.25, 0.3) is 5.91 Å². The van der Waals surface area contributed by atoms with Gasteiger partial charge in [0, 0.05) is 0 Å². The standard InChI is InChI=1S/C27H20Cl2N2O2S/c1-2-13-33-25-22(28)14-21(15-23(25)29)16-24-26(32)31(18-20-11-7-4-8-12-20)27(34-24)30-17-19-9-5-3-6-10-19/h1,3-12,14-16H,13,17-18H2/b24-16+,30-27?. The van der Waals surface area contributed by atoms with Crippen LogP contribution in [0.2, 0.25) is 10.0 Å². The van der Waals surface area contributed by atoms with E-state index in [1.807, 2.05) is 60.7 Å². The highest BCUT2D eigenvalue weighted by Gasteiger charge is 2.33. The van der Waals surface area contributed by atoms with Crippen molar-refractivity contribution in [3.8, 4) is 18.1 Å². The van der Waals surface area contributed by atoms with E-state index in [0.717, 1.165) is 11.1 Å². The first-order valence-electron chi connectivity index (χ1n) is 10.4. The van der Waals surface area contributed by atoms with E-state index in [1.54, 1.807) is 23.1 Å². The van der Waals surface area contributed by atoms with Crippen molar-refractivity contribution in [1.29, 1.82) is 0 Å². The molecule has 4 rings (SSSR count). The summed E-state index contributed by atoms with van der Waals surface area (Å²) in [5.41, 5.74) is 2.77. The molecular weight excluding hydrogens is 487 g/mol. The topological polar surface area (TPSA) is 41.9 Å². The van der Waals surface area contributed by atoms with Crippen molar-refractivity contribution >= 4 is 52.1 Å². The van der Waals surface area contributed by atoms with Gasteiger partial charge in [0.05, 0.1) is 28.0 Å². The molecule has 0 radical (unpaired) electrons. The lowest BCUT2D eigenvalue weighted by atomic mass is 10.2. The fourth-order valence-electron chi connectivity index (χ4n) is 3.34. The predicted octanol–water partition coefficient (Wildman–Crippen LogP) is 6.68. The summed E-state index contributed by atoms with van der Waals surface area (Å²) in [6.07, 6.45) is 7.01. The molecule has 1 saturated heterocycles. The van der Waals surface area contributed by atoms with Gasteiger partial charge in [-0.2, -0.15) is 0 Å². The Morgan fingerprint density at radius 1 is 1.00 bits per heavy atom. The second kappa shape index (κ2) is 11.3. The van der Waals surface area contributed by atoms with E-state index in [-0.39, 0.29) is 12.5 Å². The third-order valence-corrected chi connectivity index (χ3v) is 6.54. The number of carbonyl (C=O) groups excluding carboxylic acids is 1. The molecule has 7 heteroatoms. The average Bonchev–Trinajstić information content (AvgIpc) is 3.12. The fourth-order valence-corrected chi connectivity index (χ4v) is 4.93. The van der Waals surface area contributed by atoms with Crippen LogP contribution >= 0.6 is 35.0 Å². The SMILES string of the molecule is C#CCOc1c(Cl)cc(/C=C2/SC(=NCc3ccccc3)N(Cc3ccccc3)C2=O)cc1Cl. The predicted molar refractivity (Wildman–Crippen MR) is 141 cm³/mol. The largest absolute Gasteiger partial charge is 0.478 e. The minimum Gasteiger partial charge on any atom is -0.478 e. The molecule has 34 heavy (non-hydrogen) atoms. The number of hydrogen-bond donors (Lipinski definition) is 0. The number of thioether (sulfide) groups is 1. The van der Waals surface area contributed by atoms with E-state index in [1.165, 1.54) is 11.8 Å². The molecule has 1 heterocycles. The summed E-state index contributed by atoms with van der Waals surface area (Å²) in [6, 6.07) is 23.2. The molecule has 0 N–H and O–H groups in total. The number of terminal acetylenes is 1. The maximum atomic E-state index is 13.4. The lowest BCUT2D eigenvalue weighted by Crippen LogP contribution is -2.28. The number of hydrogen-bond acceptors (Lipinski definition) is 4. The van der Waals surface area contributed by atoms with E-state index in [9.17, 15) is 4.79 Å². The monoisotopic (exact) mass is 506 g/mol. The number of benzene rings is 3.